The summed E-state index contributed by atoms with van der Waals surface area (Å²) >= 11 is 0. The van der Waals surface area contributed by atoms with Gasteiger partial charge < -0.3 is 10.3 Å². The van der Waals surface area contributed by atoms with Crippen molar-refractivity contribution in [3.05, 3.63) is 52.3 Å². The minimum Gasteiger partial charge on any atom is -0.330 e. The summed E-state index contributed by atoms with van der Waals surface area (Å²) in [6.07, 6.45) is 0.947. The zero-order valence-corrected chi connectivity index (χ0v) is 13.3. The second kappa shape index (κ2) is 5.84. The lowest BCUT2D eigenvalue weighted by Crippen LogP contribution is -2.08. The Balaban J connectivity index is 2.69. The van der Waals surface area contributed by atoms with Crippen LogP contribution in [0.5, 0.6) is 0 Å². The van der Waals surface area contributed by atoms with E-state index in [-0.39, 0.29) is 0 Å². The molecule has 20 heavy (non-hydrogen) atoms. The van der Waals surface area contributed by atoms with Gasteiger partial charge in [-0.05, 0) is 62.4 Å². The summed E-state index contributed by atoms with van der Waals surface area (Å²) in [6, 6.07) is 8.87. The van der Waals surface area contributed by atoms with E-state index in [1.54, 1.807) is 0 Å². The number of aromatic nitrogens is 1. The lowest BCUT2D eigenvalue weighted by molar-refractivity contribution is 0.827. The summed E-state index contributed by atoms with van der Waals surface area (Å²) in [4.78, 5) is 0. The number of nitrogens with zero attached hydrogens (tertiary/aromatic N) is 1. The van der Waals surface area contributed by atoms with E-state index >= 15 is 0 Å². The van der Waals surface area contributed by atoms with Crippen molar-refractivity contribution in [3.8, 4) is 5.69 Å². The lowest BCUT2D eigenvalue weighted by Gasteiger charge is -2.20. The predicted molar refractivity (Wildman–Crippen MR) is 86.8 cm³/mol. The van der Waals surface area contributed by atoms with Gasteiger partial charge in [-0.1, -0.05) is 32.0 Å². The summed E-state index contributed by atoms with van der Waals surface area (Å²) in [6.45, 7) is 11.8. The Hall–Kier alpha value is -1.54. The molecule has 0 unspecified atom stereocenters. The van der Waals surface area contributed by atoms with Gasteiger partial charge in [-0.25, -0.2) is 0 Å². The van der Waals surface area contributed by atoms with E-state index in [1.807, 2.05) is 0 Å². The highest BCUT2D eigenvalue weighted by Gasteiger charge is 2.16. The molecule has 1 aromatic carbocycles. The Bertz CT molecular complexity index is 606. The van der Waals surface area contributed by atoms with Gasteiger partial charge in [-0.15, -0.1) is 0 Å². The third-order valence-corrected chi connectivity index (χ3v) is 4.06. The quantitative estimate of drug-likeness (QED) is 0.893. The first kappa shape index (κ1) is 14.9. The minimum atomic E-state index is 0.518. The fourth-order valence-electron chi connectivity index (χ4n) is 3.03. The Morgan fingerprint density at radius 2 is 1.85 bits per heavy atom. The van der Waals surface area contributed by atoms with Crippen molar-refractivity contribution < 1.29 is 0 Å². The highest BCUT2D eigenvalue weighted by molar-refractivity contribution is 5.53. The maximum absolute atomic E-state index is 5.73. The van der Waals surface area contributed by atoms with E-state index in [0.717, 1.165) is 6.42 Å². The summed E-state index contributed by atoms with van der Waals surface area (Å²) in [7, 11) is 0. The van der Waals surface area contributed by atoms with Gasteiger partial charge in [0.25, 0.3) is 0 Å². The maximum atomic E-state index is 5.73. The van der Waals surface area contributed by atoms with Gasteiger partial charge in [0.1, 0.15) is 0 Å². The van der Waals surface area contributed by atoms with Gasteiger partial charge in [0, 0.05) is 11.4 Å². The molecule has 2 heteroatoms. The number of aryl methyl sites for hydroxylation is 2. The molecule has 1 aromatic heterocycles. The molecular formula is C18H26N2. The van der Waals surface area contributed by atoms with Crippen LogP contribution < -0.4 is 5.73 Å². The molecule has 2 N–H and O–H groups in total. The molecule has 2 nitrogen and oxygen atoms in total. The van der Waals surface area contributed by atoms with Crippen LogP contribution in [0.4, 0.5) is 0 Å². The average molecular weight is 270 g/mol. The second-order valence-electron chi connectivity index (χ2n) is 5.94. The third-order valence-electron chi connectivity index (χ3n) is 4.06. The molecule has 2 aromatic rings. The number of rotatable bonds is 4. The smallest absolute Gasteiger partial charge is 0.0518 e. The number of benzene rings is 1. The molecular weight excluding hydrogens is 244 g/mol. The monoisotopic (exact) mass is 270 g/mol. The van der Waals surface area contributed by atoms with Gasteiger partial charge in [0.2, 0.25) is 0 Å². The topological polar surface area (TPSA) is 30.9 Å². The number of hydrogen-bond acceptors (Lipinski definition) is 1. The largest absolute Gasteiger partial charge is 0.330 e. The highest BCUT2D eigenvalue weighted by Crippen LogP contribution is 2.30. The van der Waals surface area contributed by atoms with Crippen molar-refractivity contribution in [3.63, 3.8) is 0 Å². The van der Waals surface area contributed by atoms with Gasteiger partial charge in [0.05, 0.1) is 5.69 Å². The molecule has 1 heterocycles. The minimum absolute atomic E-state index is 0.518. The second-order valence-corrected chi connectivity index (χ2v) is 5.94. The zero-order valence-electron chi connectivity index (χ0n) is 13.3. The first-order valence-electron chi connectivity index (χ1n) is 7.45. The van der Waals surface area contributed by atoms with Crippen LogP contribution in [0.3, 0.4) is 0 Å². The molecule has 0 radical (unpaired) electrons. The van der Waals surface area contributed by atoms with Gasteiger partial charge in [-0.3, -0.25) is 0 Å². The van der Waals surface area contributed by atoms with Crippen LogP contribution in [0.25, 0.3) is 5.69 Å². The third kappa shape index (κ3) is 2.53. The standard InChI is InChI=1S/C18H26N2/c1-12(2)17-8-6-7-13(3)18(17)20-14(4)11-16(9-10-19)15(20)5/h6-8,11-12H,9-10,19H2,1-5H3. The Morgan fingerprint density at radius 3 is 2.45 bits per heavy atom. The molecule has 0 fully saturated rings. The van der Waals surface area contributed by atoms with Crippen molar-refractivity contribution in [1.29, 1.82) is 0 Å². The fourth-order valence-corrected chi connectivity index (χ4v) is 3.03. The predicted octanol–water partition coefficient (Wildman–Crippen LogP) is 4.03. The number of hydrogen-bond donors (Lipinski definition) is 1. The summed E-state index contributed by atoms with van der Waals surface area (Å²) in [5.41, 5.74) is 13.8. The van der Waals surface area contributed by atoms with E-state index in [4.69, 9.17) is 5.73 Å². The molecule has 0 aliphatic heterocycles. The van der Waals surface area contributed by atoms with Gasteiger partial charge >= 0.3 is 0 Å². The van der Waals surface area contributed by atoms with Crippen LogP contribution in [0.15, 0.2) is 24.3 Å². The van der Waals surface area contributed by atoms with Gasteiger partial charge in [-0.2, -0.15) is 0 Å². The maximum Gasteiger partial charge on any atom is 0.0518 e. The van der Waals surface area contributed by atoms with Crippen molar-refractivity contribution in [2.75, 3.05) is 6.54 Å². The summed E-state index contributed by atoms with van der Waals surface area (Å²) < 4.78 is 2.40. The Labute approximate surface area is 122 Å². The van der Waals surface area contributed by atoms with E-state index < -0.39 is 0 Å². The molecule has 2 rings (SSSR count). The lowest BCUT2D eigenvalue weighted by atomic mass is 9.97. The SMILES string of the molecule is Cc1cccc(C(C)C)c1-n1c(C)cc(CCN)c1C. The molecule has 0 bridgehead atoms. The van der Waals surface area contributed by atoms with E-state index in [2.05, 4.69) is 63.5 Å². The fraction of sp³-hybridized carbons (Fsp3) is 0.444. The van der Waals surface area contributed by atoms with Crippen molar-refractivity contribution in [2.45, 2.75) is 47.0 Å². The van der Waals surface area contributed by atoms with Crippen LogP contribution in [-0.2, 0) is 6.42 Å². The van der Waals surface area contributed by atoms with Crippen molar-refractivity contribution in [1.82, 2.24) is 4.57 Å². The molecule has 0 spiro atoms. The number of nitrogens with two attached hydrogens (primary N) is 1. The molecule has 0 saturated carbocycles. The molecule has 0 aliphatic carbocycles. The molecule has 108 valence electrons. The molecule has 0 atom stereocenters. The molecule has 0 amide bonds. The zero-order chi connectivity index (χ0) is 14.9. The summed E-state index contributed by atoms with van der Waals surface area (Å²) in [5, 5.41) is 0. The van der Waals surface area contributed by atoms with Crippen LogP contribution in [0, 0.1) is 20.8 Å². The first-order chi connectivity index (χ1) is 9.47. The van der Waals surface area contributed by atoms with E-state index in [0.29, 0.717) is 12.5 Å². The number of para-hydroxylation sites is 1. The molecule has 0 saturated heterocycles. The Morgan fingerprint density at radius 1 is 1.15 bits per heavy atom. The normalized spacial score (nSPS) is 11.3. The van der Waals surface area contributed by atoms with Crippen LogP contribution in [0.2, 0.25) is 0 Å². The van der Waals surface area contributed by atoms with Crippen molar-refractivity contribution in [2.24, 2.45) is 5.73 Å². The van der Waals surface area contributed by atoms with Crippen LogP contribution in [-0.4, -0.2) is 11.1 Å². The Kier molecular flexibility index (Phi) is 4.34. The first-order valence-corrected chi connectivity index (χ1v) is 7.45. The average Bonchev–Trinajstić information content (AvgIpc) is 2.65. The van der Waals surface area contributed by atoms with Crippen LogP contribution in [0.1, 0.15) is 47.8 Å². The van der Waals surface area contributed by atoms with Crippen molar-refractivity contribution >= 4 is 0 Å². The summed E-state index contributed by atoms with van der Waals surface area (Å²) in [5.74, 6) is 0.518. The molecule has 0 aliphatic rings. The highest BCUT2D eigenvalue weighted by atomic mass is 15.0. The van der Waals surface area contributed by atoms with Gasteiger partial charge in [0.15, 0.2) is 0 Å². The van der Waals surface area contributed by atoms with E-state index in [9.17, 15) is 0 Å². The van der Waals surface area contributed by atoms with E-state index in [1.165, 1.54) is 33.8 Å². The van der Waals surface area contributed by atoms with Crippen LogP contribution >= 0.6 is 0 Å².